The Morgan fingerprint density at radius 2 is 2.09 bits per heavy atom. The highest BCUT2D eigenvalue weighted by Crippen LogP contribution is 2.28. The van der Waals surface area contributed by atoms with Crippen LogP contribution < -0.4 is 15.8 Å². The molecular weight excluding hydrogens is 276 g/mol. The van der Waals surface area contributed by atoms with Crippen molar-refractivity contribution >= 4 is 16.7 Å². The molecule has 0 spiro atoms. The molecule has 2 aromatic rings. The van der Waals surface area contributed by atoms with E-state index >= 15 is 0 Å². The van der Waals surface area contributed by atoms with Crippen LogP contribution >= 0.6 is 0 Å². The molecule has 0 aliphatic heterocycles. The zero-order valence-corrected chi connectivity index (χ0v) is 12.8. The summed E-state index contributed by atoms with van der Waals surface area (Å²) in [4.78, 5) is 12.3. The first kappa shape index (κ1) is 14.9. The van der Waals surface area contributed by atoms with Crippen molar-refractivity contribution in [1.82, 2.24) is 5.32 Å². The highest BCUT2D eigenvalue weighted by molar-refractivity contribution is 5.88. The van der Waals surface area contributed by atoms with Crippen molar-refractivity contribution in [3.63, 3.8) is 0 Å². The van der Waals surface area contributed by atoms with Crippen molar-refractivity contribution < 1.29 is 9.53 Å². The van der Waals surface area contributed by atoms with Gasteiger partial charge in [-0.05, 0) is 36.1 Å². The Hall–Kier alpha value is -2.07. The SMILES string of the molecule is COc1ccc2ccccc2c1CNC(=O)C1CCC(N)C1. The Balaban J connectivity index is 1.79. The quantitative estimate of drug-likeness (QED) is 0.912. The van der Waals surface area contributed by atoms with Crippen molar-refractivity contribution in [2.45, 2.75) is 31.8 Å². The van der Waals surface area contributed by atoms with Gasteiger partial charge in [0.1, 0.15) is 5.75 Å². The number of ether oxygens (including phenoxy) is 1. The van der Waals surface area contributed by atoms with E-state index < -0.39 is 0 Å². The fraction of sp³-hybridized carbons (Fsp3) is 0.389. The molecule has 1 amide bonds. The molecule has 1 aliphatic rings. The maximum absolute atomic E-state index is 12.3. The number of carbonyl (C=O) groups is 1. The lowest BCUT2D eigenvalue weighted by molar-refractivity contribution is -0.125. The number of nitrogens with two attached hydrogens (primary N) is 1. The molecular formula is C18H22N2O2. The molecule has 1 fully saturated rings. The molecule has 3 rings (SSSR count). The highest BCUT2D eigenvalue weighted by Gasteiger charge is 2.27. The van der Waals surface area contributed by atoms with Crippen LogP contribution in [0.15, 0.2) is 36.4 Å². The second-order valence-corrected chi connectivity index (χ2v) is 5.96. The maximum Gasteiger partial charge on any atom is 0.223 e. The molecule has 4 nitrogen and oxygen atoms in total. The number of nitrogens with one attached hydrogen (secondary N) is 1. The van der Waals surface area contributed by atoms with Gasteiger partial charge in [-0.25, -0.2) is 0 Å². The summed E-state index contributed by atoms with van der Waals surface area (Å²) < 4.78 is 5.46. The van der Waals surface area contributed by atoms with Crippen LogP contribution in [0.5, 0.6) is 5.75 Å². The van der Waals surface area contributed by atoms with Crippen LogP contribution in [0, 0.1) is 5.92 Å². The number of hydrogen-bond acceptors (Lipinski definition) is 3. The van der Waals surface area contributed by atoms with Crippen LogP contribution in [-0.4, -0.2) is 19.1 Å². The van der Waals surface area contributed by atoms with Gasteiger partial charge < -0.3 is 15.8 Å². The van der Waals surface area contributed by atoms with E-state index in [4.69, 9.17) is 10.5 Å². The molecule has 116 valence electrons. The van der Waals surface area contributed by atoms with Gasteiger partial charge in [-0.1, -0.05) is 30.3 Å². The van der Waals surface area contributed by atoms with Crippen molar-refractivity contribution in [2.75, 3.05) is 7.11 Å². The minimum atomic E-state index is 0.0518. The number of hydrogen-bond donors (Lipinski definition) is 2. The van der Waals surface area contributed by atoms with Crippen LogP contribution in [0.4, 0.5) is 0 Å². The van der Waals surface area contributed by atoms with Gasteiger partial charge in [0.05, 0.1) is 7.11 Å². The van der Waals surface area contributed by atoms with Crippen molar-refractivity contribution in [1.29, 1.82) is 0 Å². The van der Waals surface area contributed by atoms with E-state index in [1.807, 2.05) is 24.3 Å². The molecule has 0 saturated heterocycles. The fourth-order valence-electron chi connectivity index (χ4n) is 3.26. The number of benzene rings is 2. The Morgan fingerprint density at radius 3 is 2.82 bits per heavy atom. The van der Waals surface area contributed by atoms with Gasteiger partial charge in [-0.3, -0.25) is 4.79 Å². The first-order chi connectivity index (χ1) is 10.7. The van der Waals surface area contributed by atoms with E-state index in [2.05, 4.69) is 17.4 Å². The maximum atomic E-state index is 12.3. The van der Waals surface area contributed by atoms with Crippen molar-refractivity contribution in [3.8, 4) is 5.75 Å². The molecule has 0 radical (unpaired) electrons. The van der Waals surface area contributed by atoms with Crippen LogP contribution in [0.25, 0.3) is 10.8 Å². The van der Waals surface area contributed by atoms with Gasteiger partial charge in [-0.2, -0.15) is 0 Å². The molecule has 1 saturated carbocycles. The highest BCUT2D eigenvalue weighted by atomic mass is 16.5. The Morgan fingerprint density at radius 1 is 1.27 bits per heavy atom. The average Bonchev–Trinajstić information content (AvgIpc) is 2.98. The summed E-state index contributed by atoms with van der Waals surface area (Å²) >= 11 is 0. The molecule has 2 unspecified atom stereocenters. The van der Waals surface area contributed by atoms with E-state index in [0.29, 0.717) is 6.54 Å². The normalized spacial score (nSPS) is 21.0. The molecule has 4 heteroatoms. The zero-order chi connectivity index (χ0) is 15.5. The summed E-state index contributed by atoms with van der Waals surface area (Å²) in [7, 11) is 1.66. The molecule has 0 heterocycles. The Kier molecular flexibility index (Phi) is 4.29. The van der Waals surface area contributed by atoms with E-state index in [1.165, 1.54) is 0 Å². The van der Waals surface area contributed by atoms with Crippen molar-refractivity contribution in [2.24, 2.45) is 11.7 Å². The molecule has 3 N–H and O–H groups in total. The molecule has 1 aliphatic carbocycles. The Bertz CT molecular complexity index is 684. The number of rotatable bonds is 4. The minimum Gasteiger partial charge on any atom is -0.496 e. The molecule has 22 heavy (non-hydrogen) atoms. The standard InChI is InChI=1S/C18H22N2O2/c1-22-17-9-7-12-4-2-3-5-15(12)16(17)11-20-18(21)13-6-8-14(19)10-13/h2-5,7,9,13-14H,6,8,10-11,19H2,1H3,(H,20,21). The third kappa shape index (κ3) is 2.92. The van der Waals surface area contributed by atoms with E-state index in [0.717, 1.165) is 41.3 Å². The lowest BCUT2D eigenvalue weighted by Crippen LogP contribution is -2.30. The summed E-state index contributed by atoms with van der Waals surface area (Å²) in [6.07, 6.45) is 2.62. The molecule has 0 aromatic heterocycles. The van der Waals surface area contributed by atoms with Crippen molar-refractivity contribution in [3.05, 3.63) is 42.0 Å². The summed E-state index contributed by atoms with van der Waals surface area (Å²) in [5.41, 5.74) is 6.91. The number of methoxy groups -OCH3 is 1. The largest absolute Gasteiger partial charge is 0.496 e. The van der Waals surface area contributed by atoms with Gasteiger partial charge in [-0.15, -0.1) is 0 Å². The van der Waals surface area contributed by atoms with E-state index in [1.54, 1.807) is 7.11 Å². The monoisotopic (exact) mass is 298 g/mol. The van der Waals surface area contributed by atoms with Crippen LogP contribution in [0.1, 0.15) is 24.8 Å². The summed E-state index contributed by atoms with van der Waals surface area (Å²) in [6, 6.07) is 12.3. The van der Waals surface area contributed by atoms with Crippen LogP contribution in [0.3, 0.4) is 0 Å². The van der Waals surface area contributed by atoms with Gasteiger partial charge >= 0.3 is 0 Å². The predicted octanol–water partition coefficient (Wildman–Crippen LogP) is 2.59. The third-order valence-electron chi connectivity index (χ3n) is 4.50. The predicted molar refractivity (Wildman–Crippen MR) is 87.7 cm³/mol. The Labute approximate surface area is 130 Å². The number of carbonyl (C=O) groups excluding carboxylic acids is 1. The van der Waals surface area contributed by atoms with Crippen LogP contribution in [-0.2, 0) is 11.3 Å². The number of amides is 1. The second kappa shape index (κ2) is 6.36. The topological polar surface area (TPSA) is 64.3 Å². The van der Waals surface area contributed by atoms with Gasteiger partial charge in [0.25, 0.3) is 0 Å². The van der Waals surface area contributed by atoms with Gasteiger partial charge in [0.2, 0.25) is 5.91 Å². The molecule has 0 bridgehead atoms. The lowest BCUT2D eigenvalue weighted by Gasteiger charge is -2.15. The minimum absolute atomic E-state index is 0.0518. The van der Waals surface area contributed by atoms with Gasteiger partial charge in [0, 0.05) is 24.1 Å². The fourth-order valence-corrected chi connectivity index (χ4v) is 3.26. The molecule has 2 atom stereocenters. The van der Waals surface area contributed by atoms with E-state index in [-0.39, 0.29) is 17.9 Å². The summed E-state index contributed by atoms with van der Waals surface area (Å²) in [6.45, 7) is 0.481. The summed E-state index contributed by atoms with van der Waals surface area (Å²) in [5.74, 6) is 0.959. The summed E-state index contributed by atoms with van der Waals surface area (Å²) in [5, 5.41) is 5.32. The third-order valence-corrected chi connectivity index (χ3v) is 4.50. The molecule has 2 aromatic carbocycles. The first-order valence-corrected chi connectivity index (χ1v) is 7.77. The van der Waals surface area contributed by atoms with Crippen LogP contribution in [0.2, 0.25) is 0 Å². The number of fused-ring (bicyclic) bond motifs is 1. The first-order valence-electron chi connectivity index (χ1n) is 7.77. The van der Waals surface area contributed by atoms with E-state index in [9.17, 15) is 4.79 Å². The second-order valence-electron chi connectivity index (χ2n) is 5.96. The smallest absolute Gasteiger partial charge is 0.223 e. The zero-order valence-electron chi connectivity index (χ0n) is 12.8. The van der Waals surface area contributed by atoms with Gasteiger partial charge in [0.15, 0.2) is 0 Å². The lowest BCUT2D eigenvalue weighted by atomic mass is 10.0. The average molecular weight is 298 g/mol.